The fourth-order valence-electron chi connectivity index (χ4n) is 1.49. The van der Waals surface area contributed by atoms with Crippen molar-refractivity contribution in [3.8, 4) is 0 Å². The summed E-state index contributed by atoms with van der Waals surface area (Å²) in [6.45, 7) is 3.98. The highest BCUT2D eigenvalue weighted by molar-refractivity contribution is 5.90. The fourth-order valence-corrected chi connectivity index (χ4v) is 1.49. The number of carbonyl (C=O) groups excluding carboxylic acids is 1. The minimum atomic E-state index is -0.369. The first-order valence-corrected chi connectivity index (χ1v) is 5.88. The maximum absolute atomic E-state index is 11.6. The van der Waals surface area contributed by atoms with Gasteiger partial charge in [-0.3, -0.25) is 0 Å². The van der Waals surface area contributed by atoms with Crippen molar-refractivity contribution in [1.82, 2.24) is 15.0 Å². The van der Waals surface area contributed by atoms with Gasteiger partial charge in [-0.15, -0.1) is 0 Å². The molecule has 0 aliphatic heterocycles. The van der Waals surface area contributed by atoms with Crippen molar-refractivity contribution >= 4 is 17.6 Å². The molecule has 0 aromatic carbocycles. The summed E-state index contributed by atoms with van der Waals surface area (Å²) in [7, 11) is 0. The molecule has 0 saturated carbocycles. The second-order valence-corrected chi connectivity index (χ2v) is 3.82. The third-order valence-corrected chi connectivity index (χ3v) is 2.33. The zero-order valence-corrected chi connectivity index (χ0v) is 10.8. The average Bonchev–Trinajstić information content (AvgIpc) is 2.39. The highest BCUT2D eigenvalue weighted by Crippen LogP contribution is 2.13. The van der Waals surface area contributed by atoms with Crippen molar-refractivity contribution < 1.29 is 9.53 Å². The van der Waals surface area contributed by atoms with E-state index in [9.17, 15) is 4.79 Å². The third-order valence-electron chi connectivity index (χ3n) is 2.33. The molecule has 19 heavy (non-hydrogen) atoms. The lowest BCUT2D eigenvalue weighted by Crippen LogP contribution is -2.06. The second kappa shape index (κ2) is 5.90. The summed E-state index contributed by atoms with van der Waals surface area (Å²) < 4.78 is 4.93. The molecule has 98 valence electrons. The molecule has 0 aliphatic rings. The molecular weight excluding hydrogens is 244 g/mol. The summed E-state index contributed by atoms with van der Waals surface area (Å²) in [4.78, 5) is 23.8. The number of hydrogen-bond donors (Lipinski definition) is 1. The molecule has 1 N–H and O–H groups in total. The Hall–Kier alpha value is -2.50. The predicted octanol–water partition coefficient (Wildman–Crippen LogP) is 2.10. The Labute approximate surface area is 110 Å². The fraction of sp³-hybridized carbons (Fsp3) is 0.231. The van der Waals surface area contributed by atoms with Gasteiger partial charge in [0.1, 0.15) is 18.0 Å². The van der Waals surface area contributed by atoms with Crippen LogP contribution in [0.2, 0.25) is 0 Å². The van der Waals surface area contributed by atoms with E-state index in [0.717, 1.165) is 5.69 Å². The largest absolute Gasteiger partial charge is 0.462 e. The molecule has 2 heterocycles. The number of esters is 1. The molecule has 6 heteroatoms. The van der Waals surface area contributed by atoms with E-state index in [4.69, 9.17) is 4.74 Å². The number of hydrogen-bond acceptors (Lipinski definition) is 6. The van der Waals surface area contributed by atoms with E-state index in [1.165, 1.54) is 6.33 Å². The quantitative estimate of drug-likeness (QED) is 0.846. The molecule has 0 radical (unpaired) electrons. The summed E-state index contributed by atoms with van der Waals surface area (Å²) in [5, 5.41) is 3.01. The first-order valence-electron chi connectivity index (χ1n) is 5.88. The van der Waals surface area contributed by atoms with Crippen molar-refractivity contribution in [3.05, 3.63) is 42.0 Å². The minimum Gasteiger partial charge on any atom is -0.462 e. The van der Waals surface area contributed by atoms with Crippen LogP contribution >= 0.6 is 0 Å². The molecule has 0 aliphatic carbocycles. The Morgan fingerprint density at radius 3 is 2.79 bits per heavy atom. The number of anilines is 2. The number of aryl methyl sites for hydroxylation is 1. The highest BCUT2D eigenvalue weighted by Gasteiger charge is 2.07. The van der Waals surface area contributed by atoms with Gasteiger partial charge in [-0.25, -0.2) is 19.7 Å². The topological polar surface area (TPSA) is 77.0 Å². The van der Waals surface area contributed by atoms with Gasteiger partial charge < -0.3 is 10.1 Å². The lowest BCUT2D eigenvalue weighted by atomic mass is 10.2. The van der Waals surface area contributed by atoms with E-state index in [2.05, 4.69) is 20.3 Å². The Bertz CT molecular complexity index is 586. The van der Waals surface area contributed by atoms with Crippen molar-refractivity contribution in [2.24, 2.45) is 0 Å². The minimum absolute atomic E-state index is 0.342. The molecule has 0 unspecified atom stereocenters. The zero-order chi connectivity index (χ0) is 13.7. The maximum Gasteiger partial charge on any atom is 0.338 e. The second-order valence-electron chi connectivity index (χ2n) is 3.82. The summed E-state index contributed by atoms with van der Waals surface area (Å²) in [5.74, 6) is 0.788. The van der Waals surface area contributed by atoms with Gasteiger partial charge in [0.15, 0.2) is 0 Å². The van der Waals surface area contributed by atoms with Crippen LogP contribution in [-0.2, 0) is 4.74 Å². The van der Waals surface area contributed by atoms with Crippen molar-refractivity contribution in [2.45, 2.75) is 13.8 Å². The van der Waals surface area contributed by atoms with Gasteiger partial charge in [-0.2, -0.15) is 0 Å². The number of rotatable bonds is 4. The molecule has 2 aromatic heterocycles. The Balaban J connectivity index is 2.17. The van der Waals surface area contributed by atoms with Crippen LogP contribution in [0.3, 0.4) is 0 Å². The van der Waals surface area contributed by atoms with E-state index in [1.807, 2.05) is 6.92 Å². The Morgan fingerprint density at radius 2 is 2.05 bits per heavy atom. The Morgan fingerprint density at radius 1 is 1.26 bits per heavy atom. The van der Waals surface area contributed by atoms with Crippen LogP contribution in [0, 0.1) is 6.92 Å². The van der Waals surface area contributed by atoms with Crippen molar-refractivity contribution in [3.63, 3.8) is 0 Å². The van der Waals surface area contributed by atoms with E-state index in [0.29, 0.717) is 23.8 Å². The normalized spacial score (nSPS) is 10.0. The Kier molecular flexibility index (Phi) is 4.02. The van der Waals surface area contributed by atoms with Gasteiger partial charge in [-0.05, 0) is 26.0 Å². The maximum atomic E-state index is 11.6. The molecular formula is C13H14N4O2. The van der Waals surface area contributed by atoms with E-state index < -0.39 is 0 Å². The number of ether oxygens (including phenoxy) is 1. The third kappa shape index (κ3) is 3.48. The summed E-state index contributed by atoms with van der Waals surface area (Å²) >= 11 is 0. The van der Waals surface area contributed by atoms with Gasteiger partial charge in [0.25, 0.3) is 0 Å². The van der Waals surface area contributed by atoms with Crippen molar-refractivity contribution in [1.29, 1.82) is 0 Å². The molecule has 0 amide bonds. The van der Waals surface area contributed by atoms with Crippen LogP contribution < -0.4 is 5.32 Å². The van der Waals surface area contributed by atoms with Crippen LogP contribution in [0.1, 0.15) is 23.0 Å². The number of carbonyl (C=O) groups is 1. The molecule has 0 saturated heterocycles. The molecule has 2 aromatic rings. The summed E-state index contributed by atoms with van der Waals surface area (Å²) in [6, 6.07) is 5.02. The number of pyridine rings is 1. The molecule has 0 fully saturated rings. The molecule has 2 rings (SSSR count). The van der Waals surface area contributed by atoms with Crippen molar-refractivity contribution in [2.75, 3.05) is 11.9 Å². The lowest BCUT2D eigenvalue weighted by Gasteiger charge is -2.06. The molecule has 0 spiro atoms. The van der Waals surface area contributed by atoms with Gasteiger partial charge in [0.2, 0.25) is 0 Å². The number of aromatic nitrogens is 3. The van der Waals surface area contributed by atoms with Crippen LogP contribution in [0.5, 0.6) is 0 Å². The lowest BCUT2D eigenvalue weighted by molar-refractivity contribution is 0.0526. The van der Waals surface area contributed by atoms with Gasteiger partial charge in [0.05, 0.1) is 12.2 Å². The smallest absolute Gasteiger partial charge is 0.338 e. The number of nitrogens with zero attached hydrogens (tertiary/aromatic N) is 3. The zero-order valence-electron chi connectivity index (χ0n) is 10.8. The average molecular weight is 258 g/mol. The van der Waals surface area contributed by atoms with E-state index in [1.54, 1.807) is 31.3 Å². The van der Waals surface area contributed by atoms with Crippen LogP contribution in [-0.4, -0.2) is 27.5 Å². The SMILES string of the molecule is CCOC(=O)c1ccnc(Nc2cc(C)ncn2)c1. The summed E-state index contributed by atoms with van der Waals surface area (Å²) in [5.41, 5.74) is 1.30. The first-order chi connectivity index (χ1) is 9.19. The monoisotopic (exact) mass is 258 g/mol. The predicted molar refractivity (Wildman–Crippen MR) is 70.2 cm³/mol. The van der Waals surface area contributed by atoms with Crippen LogP contribution in [0.4, 0.5) is 11.6 Å². The van der Waals surface area contributed by atoms with Crippen LogP contribution in [0.25, 0.3) is 0 Å². The summed E-state index contributed by atoms with van der Waals surface area (Å²) in [6.07, 6.45) is 3.01. The highest BCUT2D eigenvalue weighted by atomic mass is 16.5. The number of nitrogens with one attached hydrogen (secondary N) is 1. The molecule has 6 nitrogen and oxygen atoms in total. The van der Waals surface area contributed by atoms with E-state index >= 15 is 0 Å². The molecule has 0 bridgehead atoms. The van der Waals surface area contributed by atoms with Gasteiger partial charge >= 0.3 is 5.97 Å². The van der Waals surface area contributed by atoms with Crippen LogP contribution in [0.15, 0.2) is 30.7 Å². The standard InChI is InChI=1S/C13H14N4O2/c1-3-19-13(18)10-4-5-14-12(7-10)17-11-6-9(2)15-8-16-11/h4-8H,3H2,1-2H3,(H,14,15,16,17). The molecule has 0 atom stereocenters. The first kappa shape index (κ1) is 12.9. The van der Waals surface area contributed by atoms with E-state index in [-0.39, 0.29) is 5.97 Å². The van der Waals surface area contributed by atoms with Gasteiger partial charge in [0, 0.05) is 18.0 Å². The van der Waals surface area contributed by atoms with Gasteiger partial charge in [-0.1, -0.05) is 0 Å².